The predicted octanol–water partition coefficient (Wildman–Crippen LogP) is 3.38. The van der Waals surface area contributed by atoms with Gasteiger partial charge in [-0.05, 0) is 43.0 Å². The minimum absolute atomic E-state index is 0.340. The van der Waals surface area contributed by atoms with Crippen molar-refractivity contribution in [2.75, 3.05) is 5.32 Å². The zero-order valence-corrected chi connectivity index (χ0v) is 10.1. The highest BCUT2D eigenvalue weighted by Crippen LogP contribution is 2.26. The molecule has 1 aliphatic rings. The van der Waals surface area contributed by atoms with Crippen LogP contribution in [0.5, 0.6) is 0 Å². The molecule has 2 N–H and O–H groups in total. The maximum atomic E-state index is 10.7. The highest BCUT2D eigenvalue weighted by Gasteiger charge is 2.18. The number of anilines is 1. The van der Waals surface area contributed by atoms with E-state index in [0.29, 0.717) is 11.6 Å². The lowest BCUT2D eigenvalue weighted by atomic mass is 9.87. The molecule has 92 valence electrons. The van der Waals surface area contributed by atoms with E-state index < -0.39 is 5.97 Å². The number of hydrogen-bond acceptors (Lipinski definition) is 2. The van der Waals surface area contributed by atoms with Crippen molar-refractivity contribution in [3.8, 4) is 0 Å². The van der Waals surface area contributed by atoms with E-state index in [2.05, 4.69) is 12.2 Å². The van der Waals surface area contributed by atoms with Crippen LogP contribution in [0, 0.1) is 5.92 Å². The third-order valence-electron chi connectivity index (χ3n) is 3.44. The Kier molecular flexibility index (Phi) is 3.67. The number of carboxylic acids is 1. The average Bonchev–Trinajstić information content (AvgIpc) is 2.29. The summed E-state index contributed by atoms with van der Waals surface area (Å²) >= 11 is 0. The van der Waals surface area contributed by atoms with Crippen molar-refractivity contribution in [3.05, 3.63) is 29.8 Å². The summed E-state index contributed by atoms with van der Waals surface area (Å²) in [6.07, 6.45) is 5.04. The van der Waals surface area contributed by atoms with Crippen molar-refractivity contribution in [3.63, 3.8) is 0 Å². The van der Waals surface area contributed by atoms with Gasteiger partial charge in [0.2, 0.25) is 0 Å². The Morgan fingerprint density at radius 2 is 2.00 bits per heavy atom. The van der Waals surface area contributed by atoms with Crippen LogP contribution in [0.15, 0.2) is 24.3 Å². The molecule has 0 amide bonds. The molecule has 1 aliphatic carbocycles. The maximum absolute atomic E-state index is 10.7. The van der Waals surface area contributed by atoms with Crippen LogP contribution in [-0.2, 0) is 0 Å². The summed E-state index contributed by atoms with van der Waals surface area (Å²) in [6, 6.07) is 7.54. The van der Waals surface area contributed by atoms with E-state index in [9.17, 15) is 4.79 Å². The van der Waals surface area contributed by atoms with Gasteiger partial charge in [0.1, 0.15) is 0 Å². The molecule has 1 fully saturated rings. The van der Waals surface area contributed by atoms with E-state index in [1.165, 1.54) is 25.7 Å². The number of aromatic carboxylic acids is 1. The zero-order valence-electron chi connectivity index (χ0n) is 10.1. The Morgan fingerprint density at radius 1 is 1.29 bits per heavy atom. The molecule has 0 aromatic heterocycles. The van der Waals surface area contributed by atoms with Gasteiger partial charge in [0.25, 0.3) is 0 Å². The molecule has 1 aromatic carbocycles. The standard InChI is InChI=1S/C14H19NO2/c1-10-3-2-4-13(9-10)15-12-7-5-11(6-8-12)14(16)17/h5-8,10,13,15H,2-4,9H2,1H3,(H,16,17). The Balaban J connectivity index is 1.96. The highest BCUT2D eigenvalue weighted by molar-refractivity contribution is 5.87. The molecule has 0 spiro atoms. The van der Waals surface area contributed by atoms with Gasteiger partial charge >= 0.3 is 5.97 Å². The fourth-order valence-corrected chi connectivity index (χ4v) is 2.51. The van der Waals surface area contributed by atoms with Crippen molar-refractivity contribution in [2.45, 2.75) is 38.6 Å². The van der Waals surface area contributed by atoms with Gasteiger partial charge in [-0.2, -0.15) is 0 Å². The number of nitrogens with one attached hydrogen (secondary N) is 1. The van der Waals surface area contributed by atoms with Crippen molar-refractivity contribution in [1.29, 1.82) is 0 Å². The first-order valence-corrected chi connectivity index (χ1v) is 6.25. The number of rotatable bonds is 3. The molecule has 3 heteroatoms. The molecular formula is C14H19NO2. The van der Waals surface area contributed by atoms with Crippen LogP contribution in [0.2, 0.25) is 0 Å². The Bertz CT molecular complexity index is 386. The molecule has 17 heavy (non-hydrogen) atoms. The average molecular weight is 233 g/mol. The van der Waals surface area contributed by atoms with Gasteiger partial charge in [0.05, 0.1) is 5.56 Å². The summed E-state index contributed by atoms with van der Waals surface area (Å²) in [5.41, 5.74) is 1.36. The molecule has 0 bridgehead atoms. The van der Waals surface area contributed by atoms with Crippen molar-refractivity contribution < 1.29 is 9.90 Å². The van der Waals surface area contributed by atoms with Crippen LogP contribution in [0.25, 0.3) is 0 Å². The van der Waals surface area contributed by atoms with E-state index in [1.54, 1.807) is 12.1 Å². The maximum Gasteiger partial charge on any atom is 0.335 e. The third kappa shape index (κ3) is 3.22. The third-order valence-corrected chi connectivity index (χ3v) is 3.44. The van der Waals surface area contributed by atoms with Gasteiger partial charge in [-0.15, -0.1) is 0 Å². The van der Waals surface area contributed by atoms with Gasteiger partial charge in [0.15, 0.2) is 0 Å². The molecule has 0 heterocycles. The van der Waals surface area contributed by atoms with E-state index >= 15 is 0 Å². The molecule has 2 atom stereocenters. The lowest BCUT2D eigenvalue weighted by Crippen LogP contribution is -2.26. The molecule has 2 rings (SSSR count). The Hall–Kier alpha value is -1.51. The van der Waals surface area contributed by atoms with E-state index in [1.807, 2.05) is 12.1 Å². The van der Waals surface area contributed by atoms with Crippen LogP contribution in [-0.4, -0.2) is 17.1 Å². The van der Waals surface area contributed by atoms with E-state index in [0.717, 1.165) is 11.6 Å². The predicted molar refractivity (Wildman–Crippen MR) is 68.4 cm³/mol. The van der Waals surface area contributed by atoms with Crippen LogP contribution in [0.1, 0.15) is 43.0 Å². The molecule has 0 radical (unpaired) electrons. The lowest BCUT2D eigenvalue weighted by Gasteiger charge is -2.28. The first kappa shape index (κ1) is 12.0. The van der Waals surface area contributed by atoms with Crippen molar-refractivity contribution in [1.82, 2.24) is 0 Å². The van der Waals surface area contributed by atoms with Gasteiger partial charge in [-0.25, -0.2) is 4.79 Å². The molecule has 2 unspecified atom stereocenters. The second-order valence-electron chi connectivity index (χ2n) is 5.00. The lowest BCUT2D eigenvalue weighted by molar-refractivity contribution is 0.0697. The highest BCUT2D eigenvalue weighted by atomic mass is 16.4. The van der Waals surface area contributed by atoms with Crippen LogP contribution >= 0.6 is 0 Å². The fourth-order valence-electron chi connectivity index (χ4n) is 2.51. The second kappa shape index (κ2) is 5.21. The van der Waals surface area contributed by atoms with Gasteiger partial charge in [-0.1, -0.05) is 19.8 Å². The molecular weight excluding hydrogens is 214 g/mol. The van der Waals surface area contributed by atoms with Gasteiger partial charge < -0.3 is 10.4 Å². The quantitative estimate of drug-likeness (QED) is 0.841. The van der Waals surface area contributed by atoms with Gasteiger partial charge in [0, 0.05) is 11.7 Å². The SMILES string of the molecule is CC1CCCC(Nc2ccc(C(=O)O)cc2)C1. The summed E-state index contributed by atoms with van der Waals surface area (Å²) in [6.45, 7) is 2.29. The summed E-state index contributed by atoms with van der Waals surface area (Å²) in [5, 5.41) is 12.3. The molecule has 0 saturated heterocycles. The van der Waals surface area contributed by atoms with Crippen LogP contribution in [0.3, 0.4) is 0 Å². The zero-order chi connectivity index (χ0) is 12.3. The van der Waals surface area contributed by atoms with Crippen LogP contribution in [0.4, 0.5) is 5.69 Å². The first-order valence-electron chi connectivity index (χ1n) is 6.25. The van der Waals surface area contributed by atoms with Crippen molar-refractivity contribution >= 4 is 11.7 Å². The summed E-state index contributed by atoms with van der Waals surface area (Å²) in [7, 11) is 0. The summed E-state index contributed by atoms with van der Waals surface area (Å²) in [4.78, 5) is 10.7. The largest absolute Gasteiger partial charge is 0.478 e. The number of benzene rings is 1. The summed E-state index contributed by atoms with van der Waals surface area (Å²) < 4.78 is 0. The number of carboxylic acid groups (broad SMARTS) is 1. The van der Waals surface area contributed by atoms with Crippen molar-refractivity contribution in [2.24, 2.45) is 5.92 Å². The minimum Gasteiger partial charge on any atom is -0.478 e. The molecule has 1 saturated carbocycles. The normalized spacial score (nSPS) is 24.3. The first-order chi connectivity index (χ1) is 8.15. The topological polar surface area (TPSA) is 49.3 Å². The second-order valence-corrected chi connectivity index (χ2v) is 5.00. The molecule has 3 nitrogen and oxygen atoms in total. The number of carbonyl (C=O) groups is 1. The number of hydrogen-bond donors (Lipinski definition) is 2. The Morgan fingerprint density at radius 3 is 2.59 bits per heavy atom. The summed E-state index contributed by atoms with van der Waals surface area (Å²) in [5.74, 6) is -0.0811. The van der Waals surface area contributed by atoms with E-state index in [4.69, 9.17) is 5.11 Å². The fraction of sp³-hybridized carbons (Fsp3) is 0.500. The molecule has 1 aromatic rings. The van der Waals surface area contributed by atoms with Crippen LogP contribution < -0.4 is 5.32 Å². The Labute approximate surface area is 102 Å². The van der Waals surface area contributed by atoms with Gasteiger partial charge in [-0.3, -0.25) is 0 Å². The molecule has 0 aliphatic heterocycles. The minimum atomic E-state index is -0.872. The van der Waals surface area contributed by atoms with E-state index in [-0.39, 0.29) is 0 Å². The monoisotopic (exact) mass is 233 g/mol. The smallest absolute Gasteiger partial charge is 0.335 e.